The number of hydrogen-bond acceptors (Lipinski definition) is 4. The topological polar surface area (TPSA) is 49.9 Å². The fourth-order valence-electron chi connectivity index (χ4n) is 4.05. The van der Waals surface area contributed by atoms with Crippen molar-refractivity contribution >= 4 is 11.9 Å². The molecule has 1 aliphatic rings. The number of likely N-dealkylation sites (tertiary alicyclic amines) is 1. The van der Waals surface area contributed by atoms with E-state index in [2.05, 4.69) is 11.8 Å². The Kier molecular flexibility index (Phi) is 15.8. The van der Waals surface area contributed by atoms with Crippen LogP contribution in [0.2, 0.25) is 0 Å². The van der Waals surface area contributed by atoms with Crippen molar-refractivity contribution in [2.45, 2.75) is 103 Å². The number of carbonyl (C=O) groups excluding carboxylic acids is 2. The van der Waals surface area contributed by atoms with Crippen LogP contribution in [0.4, 0.5) is 0 Å². The van der Waals surface area contributed by atoms with Crippen LogP contribution in [0.1, 0.15) is 103 Å². The van der Waals surface area contributed by atoms with Gasteiger partial charge in [-0.05, 0) is 20.5 Å². The van der Waals surface area contributed by atoms with Crippen molar-refractivity contribution in [1.29, 1.82) is 0 Å². The van der Waals surface area contributed by atoms with Gasteiger partial charge in [0.05, 0.1) is 12.5 Å². The van der Waals surface area contributed by atoms with E-state index < -0.39 is 0 Å². The van der Waals surface area contributed by atoms with E-state index in [1.807, 2.05) is 14.1 Å². The van der Waals surface area contributed by atoms with Crippen molar-refractivity contribution in [1.82, 2.24) is 9.80 Å². The summed E-state index contributed by atoms with van der Waals surface area (Å²) in [6.45, 7) is 4.80. The molecule has 1 fully saturated rings. The van der Waals surface area contributed by atoms with Crippen LogP contribution in [0.25, 0.3) is 0 Å². The number of likely N-dealkylation sites (N-methyl/N-ethyl adjacent to an activating group) is 1. The molecule has 1 atom stereocenters. The van der Waals surface area contributed by atoms with Gasteiger partial charge in [-0.3, -0.25) is 9.59 Å². The monoisotopic (exact) mass is 424 g/mol. The zero-order chi connectivity index (χ0) is 22.0. The third-order valence-electron chi connectivity index (χ3n) is 6.11. The Morgan fingerprint density at radius 3 is 1.90 bits per heavy atom. The molecular weight excluding hydrogens is 376 g/mol. The molecule has 5 nitrogen and oxygen atoms in total. The second-order valence-electron chi connectivity index (χ2n) is 9.31. The van der Waals surface area contributed by atoms with Gasteiger partial charge < -0.3 is 14.5 Å². The maximum absolute atomic E-state index is 12.2. The van der Waals surface area contributed by atoms with Crippen molar-refractivity contribution in [2.24, 2.45) is 5.92 Å². The summed E-state index contributed by atoms with van der Waals surface area (Å²) in [7, 11) is 3.98. The first-order chi connectivity index (χ1) is 14.5. The second-order valence-corrected chi connectivity index (χ2v) is 9.31. The minimum absolute atomic E-state index is 0.0790. The number of nitrogens with zero attached hydrogens (tertiary/aromatic N) is 2. The smallest absolute Gasteiger partial charge is 0.311 e. The Bertz CT molecular complexity index is 454. The van der Waals surface area contributed by atoms with Crippen LogP contribution < -0.4 is 0 Å². The van der Waals surface area contributed by atoms with Crippen molar-refractivity contribution in [3.63, 3.8) is 0 Å². The molecule has 1 amide bonds. The van der Waals surface area contributed by atoms with E-state index in [9.17, 15) is 9.59 Å². The Hall–Kier alpha value is -1.10. The van der Waals surface area contributed by atoms with Gasteiger partial charge in [0.1, 0.15) is 0 Å². The largest absolute Gasteiger partial charge is 0.465 e. The number of esters is 1. The third-order valence-corrected chi connectivity index (χ3v) is 6.11. The highest BCUT2D eigenvalue weighted by atomic mass is 16.5. The average Bonchev–Trinajstić information content (AvgIpc) is 3.10. The van der Waals surface area contributed by atoms with E-state index in [0.717, 1.165) is 19.4 Å². The molecule has 0 aromatic carbocycles. The molecule has 0 bridgehead atoms. The molecule has 176 valence electrons. The maximum atomic E-state index is 12.2. The fraction of sp³-hybridized carbons (Fsp3) is 0.920. The Morgan fingerprint density at radius 2 is 1.40 bits per heavy atom. The quantitative estimate of drug-likeness (QED) is 0.205. The molecule has 1 heterocycles. The first-order valence-electron chi connectivity index (χ1n) is 12.6. The van der Waals surface area contributed by atoms with Crippen LogP contribution in [0.5, 0.6) is 0 Å². The van der Waals surface area contributed by atoms with E-state index in [1.54, 1.807) is 4.90 Å². The van der Waals surface area contributed by atoms with Gasteiger partial charge in [-0.1, -0.05) is 90.4 Å². The Morgan fingerprint density at radius 1 is 0.900 bits per heavy atom. The lowest BCUT2D eigenvalue weighted by Gasteiger charge is -2.19. The molecule has 0 spiro atoms. The third kappa shape index (κ3) is 13.3. The normalized spacial score (nSPS) is 16.6. The van der Waals surface area contributed by atoms with E-state index in [1.165, 1.54) is 77.0 Å². The summed E-state index contributed by atoms with van der Waals surface area (Å²) in [5, 5.41) is 0. The number of rotatable bonds is 19. The van der Waals surface area contributed by atoms with Gasteiger partial charge in [0.2, 0.25) is 5.91 Å². The van der Waals surface area contributed by atoms with Crippen molar-refractivity contribution < 1.29 is 14.3 Å². The molecule has 1 unspecified atom stereocenters. The SMILES string of the molecule is CCCCCCCCCCCCCCCCOC(=O)C1CC(=O)N(CCN(C)C)C1. The lowest BCUT2D eigenvalue weighted by Crippen LogP contribution is -2.33. The summed E-state index contributed by atoms with van der Waals surface area (Å²) >= 11 is 0. The van der Waals surface area contributed by atoms with E-state index in [0.29, 0.717) is 26.1 Å². The van der Waals surface area contributed by atoms with E-state index in [4.69, 9.17) is 4.74 Å². The summed E-state index contributed by atoms with van der Waals surface area (Å²) in [5.74, 6) is -0.382. The van der Waals surface area contributed by atoms with Crippen LogP contribution in [0.15, 0.2) is 0 Å². The van der Waals surface area contributed by atoms with Crippen LogP contribution in [0.3, 0.4) is 0 Å². The molecular formula is C25H48N2O3. The highest BCUT2D eigenvalue weighted by Gasteiger charge is 2.34. The zero-order valence-electron chi connectivity index (χ0n) is 20.1. The van der Waals surface area contributed by atoms with Crippen LogP contribution in [0, 0.1) is 5.92 Å². The Labute approximate surface area is 185 Å². The highest BCUT2D eigenvalue weighted by molar-refractivity contribution is 5.86. The highest BCUT2D eigenvalue weighted by Crippen LogP contribution is 2.19. The number of amides is 1. The first-order valence-corrected chi connectivity index (χ1v) is 12.6. The van der Waals surface area contributed by atoms with Crippen LogP contribution >= 0.6 is 0 Å². The summed E-state index contributed by atoms with van der Waals surface area (Å²) in [6, 6.07) is 0. The van der Waals surface area contributed by atoms with Crippen molar-refractivity contribution in [3.8, 4) is 0 Å². The molecule has 0 aliphatic carbocycles. The van der Waals surface area contributed by atoms with Gasteiger partial charge in [-0.25, -0.2) is 0 Å². The van der Waals surface area contributed by atoms with Crippen LogP contribution in [-0.2, 0) is 14.3 Å². The summed E-state index contributed by atoms with van der Waals surface area (Å²) in [4.78, 5) is 28.1. The molecule has 0 saturated carbocycles. The summed E-state index contributed by atoms with van der Waals surface area (Å²) in [5.41, 5.74) is 0. The minimum Gasteiger partial charge on any atom is -0.465 e. The molecule has 1 aliphatic heterocycles. The van der Waals surface area contributed by atoms with Crippen molar-refractivity contribution in [3.05, 3.63) is 0 Å². The average molecular weight is 425 g/mol. The molecule has 0 radical (unpaired) electrons. The maximum Gasteiger partial charge on any atom is 0.311 e. The van der Waals surface area contributed by atoms with Gasteiger partial charge in [-0.15, -0.1) is 0 Å². The Balaban J connectivity index is 1.89. The molecule has 30 heavy (non-hydrogen) atoms. The van der Waals surface area contributed by atoms with E-state index >= 15 is 0 Å². The second kappa shape index (κ2) is 17.6. The molecule has 0 N–H and O–H groups in total. The van der Waals surface area contributed by atoms with Crippen molar-refractivity contribution in [2.75, 3.05) is 40.3 Å². The first kappa shape index (κ1) is 26.9. The predicted molar refractivity (Wildman–Crippen MR) is 125 cm³/mol. The van der Waals surface area contributed by atoms with Gasteiger partial charge in [-0.2, -0.15) is 0 Å². The van der Waals surface area contributed by atoms with Gasteiger partial charge >= 0.3 is 5.97 Å². The molecule has 0 aromatic heterocycles. The number of hydrogen-bond donors (Lipinski definition) is 0. The van der Waals surface area contributed by atoms with Gasteiger partial charge in [0, 0.05) is 26.1 Å². The standard InChI is InChI=1S/C25H48N2O3/c1-4-5-6-7-8-9-10-11-12-13-14-15-16-17-20-30-25(29)23-21-24(28)27(22-23)19-18-26(2)3/h23H,4-22H2,1-3H3. The lowest BCUT2D eigenvalue weighted by atomic mass is 10.0. The van der Waals surface area contributed by atoms with E-state index in [-0.39, 0.29) is 17.8 Å². The fourth-order valence-corrected chi connectivity index (χ4v) is 4.05. The number of carbonyl (C=O) groups is 2. The van der Waals surface area contributed by atoms with Crippen LogP contribution in [-0.4, -0.2) is 62.0 Å². The summed E-state index contributed by atoms with van der Waals surface area (Å²) in [6.07, 6.45) is 18.8. The van der Waals surface area contributed by atoms with Gasteiger partial charge in [0.25, 0.3) is 0 Å². The molecule has 1 saturated heterocycles. The summed E-state index contributed by atoms with van der Waals surface area (Å²) < 4.78 is 5.43. The molecule has 5 heteroatoms. The lowest BCUT2D eigenvalue weighted by molar-refractivity contribution is -0.148. The molecule has 1 rings (SSSR count). The predicted octanol–water partition coefficient (Wildman–Crippen LogP) is 5.42. The van der Waals surface area contributed by atoms with Gasteiger partial charge in [0.15, 0.2) is 0 Å². The molecule has 0 aromatic rings. The number of unbranched alkanes of at least 4 members (excludes halogenated alkanes) is 13. The zero-order valence-corrected chi connectivity index (χ0v) is 20.1. The number of ether oxygens (including phenoxy) is 1. The minimum atomic E-state index is -0.272.